The average Bonchev–Trinajstić information content (AvgIpc) is 2.69. The summed E-state index contributed by atoms with van der Waals surface area (Å²) in [6.45, 7) is 2.00. The molecule has 2 aromatic carbocycles. The predicted molar refractivity (Wildman–Crippen MR) is 100 cm³/mol. The maximum atomic E-state index is 12.8. The van der Waals surface area contributed by atoms with Crippen molar-refractivity contribution in [2.45, 2.75) is 31.8 Å². The number of nitrogens with one attached hydrogen (secondary N) is 1. The van der Waals surface area contributed by atoms with Crippen LogP contribution in [0.5, 0.6) is 0 Å². The molecule has 26 heavy (non-hydrogen) atoms. The Balaban J connectivity index is 1.52. The highest BCUT2D eigenvalue weighted by Crippen LogP contribution is 2.29. The second kappa shape index (κ2) is 7.20. The third-order valence-electron chi connectivity index (χ3n) is 5.04. The van der Waals surface area contributed by atoms with Gasteiger partial charge >= 0.3 is 5.97 Å². The van der Waals surface area contributed by atoms with Crippen LogP contribution in [0, 0.1) is 0 Å². The number of anilines is 2. The number of amides is 1. The molecule has 5 nitrogen and oxygen atoms in total. The van der Waals surface area contributed by atoms with Gasteiger partial charge in [-0.2, -0.15) is 0 Å². The number of nitrogens with zero attached hydrogens (tertiary/aromatic N) is 1. The Bertz CT molecular complexity index is 828. The van der Waals surface area contributed by atoms with Crippen LogP contribution < -0.4 is 10.2 Å². The fourth-order valence-electron chi connectivity index (χ4n) is 3.68. The van der Waals surface area contributed by atoms with Gasteiger partial charge in [0.05, 0.1) is 16.9 Å². The summed E-state index contributed by atoms with van der Waals surface area (Å²) in [6.07, 6.45) is 3.19. The molecule has 1 amide bonds. The Hall–Kier alpha value is -2.82. The first kappa shape index (κ1) is 16.6. The first-order chi connectivity index (χ1) is 12.7. The molecule has 0 aliphatic carbocycles. The molecule has 134 valence electrons. The summed E-state index contributed by atoms with van der Waals surface area (Å²) in [5.41, 5.74) is 3.20. The number of esters is 1. The Labute approximate surface area is 153 Å². The molecule has 0 spiro atoms. The summed E-state index contributed by atoms with van der Waals surface area (Å²) >= 11 is 0. The van der Waals surface area contributed by atoms with E-state index in [9.17, 15) is 9.59 Å². The number of carbonyl (C=O) groups excluding carboxylic acids is 2. The number of carbonyl (C=O) groups is 2. The van der Waals surface area contributed by atoms with E-state index in [0.717, 1.165) is 30.0 Å². The van der Waals surface area contributed by atoms with E-state index < -0.39 is 12.1 Å². The van der Waals surface area contributed by atoms with Gasteiger partial charge in [-0.15, -0.1) is 0 Å². The molecule has 5 heteroatoms. The summed E-state index contributed by atoms with van der Waals surface area (Å²) in [5.74, 6) is -0.714. The van der Waals surface area contributed by atoms with Crippen molar-refractivity contribution in [2.24, 2.45) is 0 Å². The molecule has 2 aliphatic heterocycles. The van der Waals surface area contributed by atoms with Crippen molar-refractivity contribution in [2.75, 3.05) is 23.3 Å². The van der Waals surface area contributed by atoms with Gasteiger partial charge in [0, 0.05) is 19.5 Å². The minimum Gasteiger partial charge on any atom is -0.448 e. The zero-order chi connectivity index (χ0) is 17.9. The van der Waals surface area contributed by atoms with Gasteiger partial charge in [0.15, 0.2) is 6.10 Å². The van der Waals surface area contributed by atoms with Crippen LogP contribution in [0.25, 0.3) is 0 Å². The van der Waals surface area contributed by atoms with E-state index in [0.29, 0.717) is 12.0 Å². The molecular weight excluding hydrogens is 328 g/mol. The number of ether oxygens (including phenoxy) is 1. The van der Waals surface area contributed by atoms with E-state index in [4.69, 9.17) is 4.74 Å². The van der Waals surface area contributed by atoms with E-state index in [1.54, 1.807) is 12.1 Å². The number of para-hydroxylation sites is 2. The monoisotopic (exact) mass is 350 g/mol. The first-order valence-electron chi connectivity index (χ1n) is 9.16. The Kier molecular flexibility index (Phi) is 4.61. The quantitative estimate of drug-likeness (QED) is 0.862. The largest absolute Gasteiger partial charge is 0.448 e. The fraction of sp³-hybridized carbons (Fsp3) is 0.333. The number of piperidine rings is 1. The molecule has 1 fully saturated rings. The molecule has 4 rings (SSSR count). The van der Waals surface area contributed by atoms with Crippen LogP contribution in [0.4, 0.5) is 11.4 Å². The van der Waals surface area contributed by atoms with Crippen molar-refractivity contribution in [3.63, 3.8) is 0 Å². The van der Waals surface area contributed by atoms with E-state index in [2.05, 4.69) is 10.2 Å². The topological polar surface area (TPSA) is 58.6 Å². The SMILES string of the molecule is O=C1O[C@H](C(=O)Nc2ccccc2N2CCCCC2)Cc2ccccc21. The lowest BCUT2D eigenvalue weighted by atomic mass is 9.98. The van der Waals surface area contributed by atoms with Gasteiger partial charge in [-0.3, -0.25) is 4.79 Å². The summed E-state index contributed by atoms with van der Waals surface area (Å²) in [4.78, 5) is 27.2. The third-order valence-corrected chi connectivity index (χ3v) is 5.04. The molecule has 2 aromatic rings. The number of hydrogen-bond acceptors (Lipinski definition) is 4. The van der Waals surface area contributed by atoms with Crippen molar-refractivity contribution in [3.8, 4) is 0 Å². The molecule has 2 aliphatic rings. The zero-order valence-corrected chi connectivity index (χ0v) is 14.6. The lowest BCUT2D eigenvalue weighted by molar-refractivity contribution is -0.125. The van der Waals surface area contributed by atoms with Crippen molar-refractivity contribution in [1.29, 1.82) is 0 Å². The Morgan fingerprint density at radius 3 is 2.58 bits per heavy atom. The molecule has 1 atom stereocenters. The molecule has 1 saturated heterocycles. The molecule has 2 heterocycles. The van der Waals surface area contributed by atoms with E-state index in [-0.39, 0.29) is 5.91 Å². The van der Waals surface area contributed by atoms with Gasteiger partial charge in [0.1, 0.15) is 0 Å². The lowest BCUT2D eigenvalue weighted by Crippen LogP contribution is -2.38. The van der Waals surface area contributed by atoms with Gasteiger partial charge in [-0.1, -0.05) is 30.3 Å². The van der Waals surface area contributed by atoms with Crippen LogP contribution in [-0.4, -0.2) is 31.1 Å². The maximum Gasteiger partial charge on any atom is 0.339 e. The van der Waals surface area contributed by atoms with Crippen LogP contribution in [0.15, 0.2) is 48.5 Å². The van der Waals surface area contributed by atoms with E-state index >= 15 is 0 Å². The molecule has 0 saturated carbocycles. The standard InChI is InChI=1S/C21H22N2O3/c24-20(19-14-15-8-2-3-9-16(15)21(25)26-19)22-17-10-4-5-11-18(17)23-12-6-1-7-13-23/h2-5,8-11,19H,1,6-7,12-14H2,(H,22,24)/t19-/m0/s1. The normalized spacial score (nSPS) is 19.5. The number of hydrogen-bond donors (Lipinski definition) is 1. The highest BCUT2D eigenvalue weighted by molar-refractivity contribution is 6.01. The first-order valence-corrected chi connectivity index (χ1v) is 9.16. The number of benzene rings is 2. The summed E-state index contributed by atoms with van der Waals surface area (Å²) in [5, 5.41) is 2.97. The highest BCUT2D eigenvalue weighted by Gasteiger charge is 2.31. The van der Waals surface area contributed by atoms with Gasteiger partial charge in [-0.25, -0.2) is 4.79 Å². The zero-order valence-electron chi connectivity index (χ0n) is 14.6. The van der Waals surface area contributed by atoms with Gasteiger partial charge in [0.25, 0.3) is 5.91 Å². The van der Waals surface area contributed by atoms with E-state index in [1.165, 1.54) is 19.3 Å². The average molecular weight is 350 g/mol. The Morgan fingerprint density at radius 2 is 1.73 bits per heavy atom. The third kappa shape index (κ3) is 3.29. The van der Waals surface area contributed by atoms with Gasteiger partial charge in [-0.05, 0) is 43.0 Å². The highest BCUT2D eigenvalue weighted by atomic mass is 16.5. The Morgan fingerprint density at radius 1 is 1.00 bits per heavy atom. The molecule has 0 bridgehead atoms. The number of fused-ring (bicyclic) bond motifs is 1. The summed E-state index contributed by atoms with van der Waals surface area (Å²) in [6, 6.07) is 15.1. The maximum absolute atomic E-state index is 12.8. The van der Waals surface area contributed by atoms with Crippen LogP contribution in [0.2, 0.25) is 0 Å². The second-order valence-corrected chi connectivity index (χ2v) is 6.81. The molecular formula is C21H22N2O3. The minimum atomic E-state index is -0.799. The van der Waals surface area contributed by atoms with E-state index in [1.807, 2.05) is 36.4 Å². The van der Waals surface area contributed by atoms with Crippen molar-refractivity contribution >= 4 is 23.3 Å². The molecule has 0 radical (unpaired) electrons. The molecule has 0 unspecified atom stereocenters. The fourth-order valence-corrected chi connectivity index (χ4v) is 3.68. The number of cyclic esters (lactones) is 1. The summed E-state index contributed by atoms with van der Waals surface area (Å²) in [7, 11) is 0. The van der Waals surface area contributed by atoms with Crippen LogP contribution in [0.1, 0.15) is 35.2 Å². The van der Waals surface area contributed by atoms with Crippen LogP contribution >= 0.6 is 0 Å². The van der Waals surface area contributed by atoms with Gasteiger partial charge in [0.2, 0.25) is 0 Å². The smallest absolute Gasteiger partial charge is 0.339 e. The van der Waals surface area contributed by atoms with Gasteiger partial charge < -0.3 is 15.0 Å². The predicted octanol–water partition coefficient (Wildman–Crippen LogP) is 3.40. The van der Waals surface area contributed by atoms with Crippen LogP contribution in [-0.2, 0) is 16.0 Å². The van der Waals surface area contributed by atoms with Crippen LogP contribution in [0.3, 0.4) is 0 Å². The second-order valence-electron chi connectivity index (χ2n) is 6.81. The van der Waals surface area contributed by atoms with Crippen molar-refractivity contribution < 1.29 is 14.3 Å². The molecule has 0 aromatic heterocycles. The van der Waals surface area contributed by atoms with Crippen molar-refractivity contribution in [1.82, 2.24) is 0 Å². The summed E-state index contributed by atoms with van der Waals surface area (Å²) < 4.78 is 5.37. The lowest BCUT2D eigenvalue weighted by Gasteiger charge is -2.31. The number of rotatable bonds is 3. The van der Waals surface area contributed by atoms with Crippen molar-refractivity contribution in [3.05, 3.63) is 59.7 Å². The minimum absolute atomic E-state index is 0.280. The molecule has 1 N–H and O–H groups in total.